The molecule has 0 saturated carbocycles. The number of benzene rings is 1. The molecule has 0 amide bonds. The van der Waals surface area contributed by atoms with Crippen LogP contribution < -0.4 is 0 Å². The molecule has 0 aromatic heterocycles. The van der Waals surface area contributed by atoms with Gasteiger partial charge in [0.05, 0.1) is 4.92 Å². The summed E-state index contributed by atoms with van der Waals surface area (Å²) in [5, 5.41) is 19.5. The van der Waals surface area contributed by atoms with Gasteiger partial charge in [0.1, 0.15) is 3.92 Å². The first-order chi connectivity index (χ1) is 6.56. The maximum absolute atomic E-state index is 10.4. The fraction of sp³-hybridized carbons (Fsp3) is 0.125. The van der Waals surface area contributed by atoms with Crippen molar-refractivity contribution in [1.82, 2.24) is 0 Å². The molecule has 0 aliphatic carbocycles. The van der Waals surface area contributed by atoms with Gasteiger partial charge in [0.2, 0.25) is 6.29 Å². The first-order valence-electron chi connectivity index (χ1n) is 3.55. The molecule has 1 N–H and O–H groups in total. The maximum atomic E-state index is 10.4. The SMILES string of the molecule is O=[C]C(I)c1ccc(O)c([N+](=O)[O-])c1. The molecule has 0 aliphatic heterocycles. The maximum Gasteiger partial charge on any atom is 0.311 e. The molecule has 1 rings (SSSR count). The molecule has 0 fully saturated rings. The Morgan fingerprint density at radius 2 is 2.21 bits per heavy atom. The van der Waals surface area contributed by atoms with Crippen LogP contribution in [0, 0.1) is 10.1 Å². The normalized spacial score (nSPS) is 12.1. The molecule has 1 aromatic rings. The van der Waals surface area contributed by atoms with Crippen LogP contribution in [0.3, 0.4) is 0 Å². The number of nitrogens with zero attached hydrogens (tertiary/aromatic N) is 1. The van der Waals surface area contributed by atoms with Crippen LogP contribution in [0.1, 0.15) is 9.49 Å². The van der Waals surface area contributed by atoms with Crippen LogP contribution in [0.15, 0.2) is 18.2 Å². The van der Waals surface area contributed by atoms with E-state index in [2.05, 4.69) is 0 Å². The number of phenols is 1. The third-order valence-corrected chi connectivity index (χ3v) is 2.57. The summed E-state index contributed by atoms with van der Waals surface area (Å²) in [5.74, 6) is -0.409. The number of carbonyl (C=O) groups excluding carboxylic acids is 1. The molecule has 14 heavy (non-hydrogen) atoms. The quantitative estimate of drug-likeness (QED) is 0.400. The highest BCUT2D eigenvalue weighted by Crippen LogP contribution is 2.31. The van der Waals surface area contributed by atoms with Crippen molar-refractivity contribution in [3.05, 3.63) is 33.9 Å². The Labute approximate surface area is 93.0 Å². The van der Waals surface area contributed by atoms with Crippen LogP contribution in [0.2, 0.25) is 0 Å². The number of alkyl halides is 1. The van der Waals surface area contributed by atoms with Gasteiger partial charge in [-0.3, -0.25) is 14.9 Å². The van der Waals surface area contributed by atoms with E-state index in [0.717, 1.165) is 6.07 Å². The number of phenolic OH excluding ortho intramolecular Hbond substituents is 1. The van der Waals surface area contributed by atoms with E-state index < -0.39 is 20.3 Å². The average Bonchev–Trinajstić information content (AvgIpc) is 2.17. The summed E-state index contributed by atoms with van der Waals surface area (Å²) in [6.07, 6.45) is 1.70. The summed E-state index contributed by atoms with van der Waals surface area (Å²) >= 11 is 1.80. The molecule has 6 heteroatoms. The van der Waals surface area contributed by atoms with Crippen LogP contribution in [-0.4, -0.2) is 16.3 Å². The van der Waals surface area contributed by atoms with E-state index in [0.29, 0.717) is 5.56 Å². The standard InChI is InChI=1S/C8H5INO4/c9-6(4-11)5-1-2-8(12)7(3-5)10(13)14/h1-3,6,12H. The minimum absolute atomic E-state index is 0.403. The van der Waals surface area contributed by atoms with E-state index in [4.69, 9.17) is 5.11 Å². The van der Waals surface area contributed by atoms with Gasteiger partial charge in [-0.15, -0.1) is 0 Å². The molecule has 0 heterocycles. The molecular formula is C8H5INO4. The lowest BCUT2D eigenvalue weighted by Crippen LogP contribution is -1.94. The molecule has 1 aromatic carbocycles. The lowest BCUT2D eigenvalue weighted by molar-refractivity contribution is -0.385. The number of hydrogen-bond acceptors (Lipinski definition) is 4. The fourth-order valence-corrected chi connectivity index (χ4v) is 1.30. The molecule has 1 atom stereocenters. The van der Waals surface area contributed by atoms with Crippen LogP contribution in [0.5, 0.6) is 5.75 Å². The third kappa shape index (κ3) is 2.19. The summed E-state index contributed by atoms with van der Waals surface area (Å²) in [5.41, 5.74) is 0.0458. The van der Waals surface area contributed by atoms with E-state index in [1.807, 2.05) is 0 Å². The zero-order valence-corrected chi connectivity index (χ0v) is 8.96. The van der Waals surface area contributed by atoms with Gasteiger partial charge < -0.3 is 5.11 Å². The second kappa shape index (κ2) is 4.36. The van der Waals surface area contributed by atoms with Gasteiger partial charge in [-0.1, -0.05) is 28.7 Å². The minimum atomic E-state index is -0.701. The van der Waals surface area contributed by atoms with Gasteiger partial charge in [0, 0.05) is 6.07 Å². The fourth-order valence-electron chi connectivity index (χ4n) is 0.912. The highest BCUT2D eigenvalue weighted by molar-refractivity contribution is 14.1. The van der Waals surface area contributed by atoms with Crippen molar-refractivity contribution in [2.45, 2.75) is 3.92 Å². The number of nitro groups is 1. The van der Waals surface area contributed by atoms with Crippen LogP contribution in [0.4, 0.5) is 5.69 Å². The van der Waals surface area contributed by atoms with E-state index >= 15 is 0 Å². The Kier molecular flexibility index (Phi) is 3.39. The van der Waals surface area contributed by atoms with Gasteiger partial charge in [-0.2, -0.15) is 0 Å². The summed E-state index contributed by atoms with van der Waals surface area (Å²) in [6, 6.07) is 3.80. The summed E-state index contributed by atoms with van der Waals surface area (Å²) in [7, 11) is 0. The number of hydrogen-bond donors (Lipinski definition) is 1. The van der Waals surface area contributed by atoms with Crippen molar-refractivity contribution in [1.29, 1.82) is 0 Å². The monoisotopic (exact) mass is 306 g/mol. The zero-order valence-electron chi connectivity index (χ0n) is 6.81. The molecule has 5 nitrogen and oxygen atoms in total. The summed E-state index contributed by atoms with van der Waals surface area (Å²) < 4.78 is -0.563. The third-order valence-electron chi connectivity index (χ3n) is 1.59. The van der Waals surface area contributed by atoms with E-state index in [1.54, 1.807) is 28.9 Å². The summed E-state index contributed by atoms with van der Waals surface area (Å²) in [4.78, 5) is 20.0. The second-order valence-corrected chi connectivity index (χ2v) is 3.73. The Balaban J connectivity index is 3.19. The van der Waals surface area contributed by atoms with Crippen molar-refractivity contribution in [2.75, 3.05) is 0 Å². The highest BCUT2D eigenvalue weighted by atomic mass is 127. The van der Waals surface area contributed by atoms with Crippen LogP contribution in [0.25, 0.3) is 0 Å². The zero-order chi connectivity index (χ0) is 10.7. The lowest BCUT2D eigenvalue weighted by Gasteiger charge is -2.02. The van der Waals surface area contributed by atoms with Gasteiger partial charge in [-0.25, -0.2) is 0 Å². The molecule has 1 radical (unpaired) electrons. The van der Waals surface area contributed by atoms with Gasteiger partial charge in [0.25, 0.3) is 0 Å². The molecular weight excluding hydrogens is 301 g/mol. The predicted molar refractivity (Wildman–Crippen MR) is 57.2 cm³/mol. The van der Waals surface area contributed by atoms with Crippen molar-refractivity contribution >= 4 is 34.6 Å². The van der Waals surface area contributed by atoms with Gasteiger partial charge in [-0.05, 0) is 11.6 Å². The predicted octanol–water partition coefficient (Wildman–Crippen LogP) is 1.89. The van der Waals surface area contributed by atoms with Gasteiger partial charge in [0.15, 0.2) is 5.75 Å². The molecule has 0 bridgehead atoms. The number of nitro benzene ring substituents is 1. The number of halogens is 1. The van der Waals surface area contributed by atoms with Crippen molar-refractivity contribution in [2.24, 2.45) is 0 Å². The Hall–Kier alpha value is -1.18. The second-order valence-electron chi connectivity index (χ2n) is 2.49. The van der Waals surface area contributed by atoms with Crippen LogP contribution in [-0.2, 0) is 4.79 Å². The lowest BCUT2D eigenvalue weighted by atomic mass is 10.1. The number of rotatable bonds is 3. The first kappa shape index (κ1) is 10.9. The smallest absolute Gasteiger partial charge is 0.311 e. The van der Waals surface area contributed by atoms with E-state index in [9.17, 15) is 14.9 Å². The Morgan fingerprint density at radius 1 is 1.57 bits per heavy atom. The van der Waals surface area contributed by atoms with Crippen molar-refractivity contribution in [3.8, 4) is 5.75 Å². The topological polar surface area (TPSA) is 80.4 Å². The minimum Gasteiger partial charge on any atom is -0.502 e. The Morgan fingerprint density at radius 3 is 2.71 bits per heavy atom. The number of aromatic hydroxyl groups is 1. The van der Waals surface area contributed by atoms with Crippen LogP contribution >= 0.6 is 22.6 Å². The average molecular weight is 306 g/mol. The highest BCUT2D eigenvalue weighted by Gasteiger charge is 2.16. The van der Waals surface area contributed by atoms with E-state index in [1.165, 1.54) is 12.1 Å². The molecule has 0 spiro atoms. The van der Waals surface area contributed by atoms with Crippen molar-refractivity contribution in [3.63, 3.8) is 0 Å². The van der Waals surface area contributed by atoms with Gasteiger partial charge >= 0.3 is 5.69 Å². The first-order valence-corrected chi connectivity index (χ1v) is 4.80. The molecule has 73 valence electrons. The molecule has 1 unspecified atom stereocenters. The van der Waals surface area contributed by atoms with E-state index in [-0.39, 0.29) is 0 Å². The summed E-state index contributed by atoms with van der Waals surface area (Å²) in [6.45, 7) is 0. The van der Waals surface area contributed by atoms with Crippen molar-refractivity contribution < 1.29 is 14.8 Å². The Bertz CT molecular complexity index is 380. The molecule has 0 aliphatic rings. The largest absolute Gasteiger partial charge is 0.502 e. The molecule has 0 saturated heterocycles.